The van der Waals surface area contributed by atoms with Crippen molar-refractivity contribution in [2.24, 2.45) is 5.92 Å². The molecule has 1 aromatic carbocycles. The maximum atomic E-state index is 12.4. The van der Waals surface area contributed by atoms with Crippen molar-refractivity contribution in [1.82, 2.24) is 4.98 Å². The molecule has 0 unspecified atom stereocenters. The van der Waals surface area contributed by atoms with E-state index in [2.05, 4.69) is 4.98 Å². The third-order valence-corrected chi connectivity index (χ3v) is 4.53. The number of Topliss-reactive ketones (excluding diaryl/α,β-unsaturated/α-hetero) is 1. The minimum atomic E-state index is -0.0627. The molecule has 1 fully saturated rings. The number of rotatable bonds is 2. The van der Waals surface area contributed by atoms with Crippen LogP contribution < -0.4 is 4.87 Å². The summed E-state index contributed by atoms with van der Waals surface area (Å²) >= 11 is 1.17. The molecule has 3 rings (SSSR count). The maximum absolute atomic E-state index is 12.4. The smallest absolute Gasteiger partial charge is 0.305 e. The fourth-order valence-corrected chi connectivity index (χ4v) is 3.47. The molecule has 4 heteroatoms. The molecule has 3 nitrogen and oxygen atoms in total. The van der Waals surface area contributed by atoms with Gasteiger partial charge in [-0.2, -0.15) is 0 Å². The zero-order chi connectivity index (χ0) is 12.5. The average Bonchev–Trinajstić information content (AvgIpc) is 2.78. The van der Waals surface area contributed by atoms with Gasteiger partial charge in [0.05, 0.1) is 10.2 Å². The molecule has 1 N–H and O–H groups in total. The predicted molar refractivity (Wildman–Crippen MR) is 73.4 cm³/mol. The molecule has 0 radical (unpaired) electrons. The number of hydrogen-bond donors (Lipinski definition) is 1. The fraction of sp³-hybridized carbons (Fsp3) is 0.429. The van der Waals surface area contributed by atoms with Gasteiger partial charge in [-0.15, -0.1) is 0 Å². The van der Waals surface area contributed by atoms with Gasteiger partial charge in [-0.05, 0) is 31.0 Å². The van der Waals surface area contributed by atoms with Crippen molar-refractivity contribution in [1.29, 1.82) is 0 Å². The largest absolute Gasteiger partial charge is 0.312 e. The lowest BCUT2D eigenvalue weighted by Gasteiger charge is -2.20. The molecule has 0 aliphatic heterocycles. The summed E-state index contributed by atoms with van der Waals surface area (Å²) < 4.78 is 0.877. The summed E-state index contributed by atoms with van der Waals surface area (Å²) in [5, 5.41) is 0. The van der Waals surface area contributed by atoms with Crippen LogP contribution in [-0.2, 0) is 0 Å². The second-order valence-electron chi connectivity index (χ2n) is 4.92. The van der Waals surface area contributed by atoms with Crippen molar-refractivity contribution in [2.45, 2.75) is 32.1 Å². The molecular formula is C14H15NO2S. The summed E-state index contributed by atoms with van der Waals surface area (Å²) in [5.74, 6) is 0.435. The Balaban J connectivity index is 1.92. The minimum Gasteiger partial charge on any atom is -0.312 e. The van der Waals surface area contributed by atoms with E-state index in [1.54, 1.807) is 0 Å². The number of thiazole rings is 1. The van der Waals surface area contributed by atoms with E-state index in [1.165, 1.54) is 17.8 Å². The number of nitrogens with one attached hydrogen (secondary N) is 1. The van der Waals surface area contributed by atoms with Gasteiger partial charge in [-0.3, -0.25) is 9.59 Å². The third kappa shape index (κ3) is 2.12. The number of fused-ring (bicyclic) bond motifs is 1. The number of ketones is 1. The molecule has 1 aliphatic rings. The number of carbonyl (C=O) groups excluding carboxylic acids is 1. The molecular weight excluding hydrogens is 246 g/mol. The van der Waals surface area contributed by atoms with Crippen LogP contribution in [0.25, 0.3) is 10.2 Å². The first-order valence-electron chi connectivity index (χ1n) is 6.41. The Morgan fingerprint density at radius 1 is 1.22 bits per heavy atom. The summed E-state index contributed by atoms with van der Waals surface area (Å²) in [6.45, 7) is 0. The molecule has 0 bridgehead atoms. The highest BCUT2D eigenvalue weighted by Crippen LogP contribution is 2.28. The Bertz CT molecular complexity index is 635. The molecule has 0 amide bonds. The first kappa shape index (κ1) is 11.7. The van der Waals surface area contributed by atoms with E-state index in [4.69, 9.17) is 0 Å². The van der Waals surface area contributed by atoms with Gasteiger partial charge in [0.15, 0.2) is 5.78 Å². The van der Waals surface area contributed by atoms with Gasteiger partial charge < -0.3 is 4.98 Å². The van der Waals surface area contributed by atoms with Crippen LogP contribution in [0.3, 0.4) is 0 Å². The number of H-pyrrole nitrogens is 1. The molecule has 18 heavy (non-hydrogen) atoms. The van der Waals surface area contributed by atoms with E-state index in [0.717, 1.165) is 41.5 Å². The van der Waals surface area contributed by atoms with Crippen LogP contribution in [0, 0.1) is 5.92 Å². The SMILES string of the molecule is O=C(c1ccc2[nH]c(=O)sc2c1)C1CCCCC1. The molecule has 1 aliphatic carbocycles. The first-order valence-corrected chi connectivity index (χ1v) is 7.23. The normalized spacial score (nSPS) is 17.1. The Morgan fingerprint density at radius 3 is 2.78 bits per heavy atom. The van der Waals surface area contributed by atoms with Gasteiger partial charge in [0, 0.05) is 11.5 Å². The van der Waals surface area contributed by atoms with Crippen LogP contribution in [0.4, 0.5) is 0 Å². The fourth-order valence-electron chi connectivity index (χ4n) is 2.70. The zero-order valence-corrected chi connectivity index (χ0v) is 10.9. The lowest BCUT2D eigenvalue weighted by molar-refractivity contribution is 0.0889. The van der Waals surface area contributed by atoms with Crippen molar-refractivity contribution >= 4 is 27.3 Å². The van der Waals surface area contributed by atoms with Gasteiger partial charge in [0.25, 0.3) is 0 Å². The molecule has 94 valence electrons. The minimum absolute atomic E-state index is 0.0627. The monoisotopic (exact) mass is 261 g/mol. The molecule has 1 heterocycles. The van der Waals surface area contributed by atoms with E-state index in [0.29, 0.717) is 0 Å². The van der Waals surface area contributed by atoms with Crippen molar-refractivity contribution in [3.05, 3.63) is 33.4 Å². The van der Waals surface area contributed by atoms with E-state index in [-0.39, 0.29) is 16.6 Å². The third-order valence-electron chi connectivity index (χ3n) is 3.68. The number of aromatic amines is 1. The highest BCUT2D eigenvalue weighted by Gasteiger charge is 2.22. The van der Waals surface area contributed by atoms with E-state index in [9.17, 15) is 9.59 Å². The number of hydrogen-bond acceptors (Lipinski definition) is 3. The molecule has 0 spiro atoms. The van der Waals surface area contributed by atoms with Crippen molar-refractivity contribution in [3.8, 4) is 0 Å². The predicted octanol–water partition coefficient (Wildman–Crippen LogP) is 3.35. The van der Waals surface area contributed by atoms with Crippen molar-refractivity contribution < 1.29 is 4.79 Å². The standard InChI is InChI=1S/C14H15NO2S/c16-13(9-4-2-1-3-5-9)10-6-7-11-12(8-10)18-14(17)15-11/h6-9H,1-5H2,(H,15,17). The van der Waals surface area contributed by atoms with Crippen LogP contribution >= 0.6 is 11.3 Å². The first-order chi connectivity index (χ1) is 8.74. The highest BCUT2D eigenvalue weighted by atomic mass is 32.1. The van der Waals surface area contributed by atoms with Gasteiger partial charge in [0.2, 0.25) is 0 Å². The van der Waals surface area contributed by atoms with Crippen LogP contribution in [-0.4, -0.2) is 10.8 Å². The van der Waals surface area contributed by atoms with Crippen LogP contribution in [0.2, 0.25) is 0 Å². The van der Waals surface area contributed by atoms with Crippen molar-refractivity contribution in [3.63, 3.8) is 0 Å². The molecule has 1 saturated carbocycles. The summed E-state index contributed by atoms with van der Waals surface area (Å²) in [6, 6.07) is 5.53. The average molecular weight is 261 g/mol. The quantitative estimate of drug-likeness (QED) is 0.843. The number of aromatic nitrogens is 1. The van der Waals surface area contributed by atoms with Gasteiger partial charge in [-0.25, -0.2) is 0 Å². The van der Waals surface area contributed by atoms with E-state index in [1.807, 2.05) is 18.2 Å². The highest BCUT2D eigenvalue weighted by molar-refractivity contribution is 7.16. The van der Waals surface area contributed by atoms with Crippen molar-refractivity contribution in [2.75, 3.05) is 0 Å². The number of carbonyl (C=O) groups is 1. The lowest BCUT2D eigenvalue weighted by atomic mass is 9.84. The Kier molecular flexibility index (Phi) is 3.04. The molecule has 0 atom stereocenters. The van der Waals surface area contributed by atoms with Crippen LogP contribution in [0.1, 0.15) is 42.5 Å². The molecule has 1 aromatic heterocycles. The Labute approximate surface area is 109 Å². The molecule has 2 aromatic rings. The second-order valence-corrected chi connectivity index (χ2v) is 5.94. The lowest BCUT2D eigenvalue weighted by Crippen LogP contribution is -2.17. The van der Waals surface area contributed by atoms with Gasteiger partial charge in [-0.1, -0.05) is 30.6 Å². The Hall–Kier alpha value is -1.42. The zero-order valence-electron chi connectivity index (χ0n) is 10.1. The summed E-state index contributed by atoms with van der Waals surface area (Å²) in [6.07, 6.45) is 5.61. The van der Waals surface area contributed by atoms with Crippen LogP contribution in [0.5, 0.6) is 0 Å². The molecule has 0 saturated heterocycles. The summed E-state index contributed by atoms with van der Waals surface area (Å²) in [5.41, 5.74) is 1.58. The van der Waals surface area contributed by atoms with E-state index >= 15 is 0 Å². The summed E-state index contributed by atoms with van der Waals surface area (Å²) in [4.78, 5) is 26.3. The summed E-state index contributed by atoms with van der Waals surface area (Å²) in [7, 11) is 0. The maximum Gasteiger partial charge on any atom is 0.305 e. The number of benzene rings is 1. The second kappa shape index (κ2) is 4.69. The van der Waals surface area contributed by atoms with Gasteiger partial charge >= 0.3 is 4.87 Å². The van der Waals surface area contributed by atoms with Crippen LogP contribution in [0.15, 0.2) is 23.0 Å². The van der Waals surface area contributed by atoms with E-state index < -0.39 is 0 Å². The Morgan fingerprint density at radius 2 is 2.00 bits per heavy atom. The topological polar surface area (TPSA) is 49.9 Å². The van der Waals surface area contributed by atoms with Gasteiger partial charge in [0.1, 0.15) is 0 Å².